The fourth-order valence-electron chi connectivity index (χ4n) is 1.35. The van der Waals surface area contributed by atoms with Crippen molar-refractivity contribution in [3.05, 3.63) is 48.3 Å². The highest BCUT2D eigenvalue weighted by Gasteiger charge is 2.07. The van der Waals surface area contributed by atoms with E-state index in [-0.39, 0.29) is 11.7 Å². The standard InChI is InChI=1S/C12H13NO4/c14-12(11-6-3-8-16-11)13-17-9-2-5-10-4-1-7-15-10/h1,3-4,6-8H,2,5,9H2,(H,13,14). The number of aryl methyl sites for hydroxylation is 1. The summed E-state index contributed by atoms with van der Waals surface area (Å²) in [5, 5.41) is 0. The molecule has 0 saturated heterocycles. The van der Waals surface area contributed by atoms with Crippen LogP contribution < -0.4 is 5.48 Å². The van der Waals surface area contributed by atoms with Gasteiger partial charge in [0.2, 0.25) is 0 Å². The average molecular weight is 235 g/mol. The number of hydroxylamine groups is 1. The molecule has 2 rings (SSSR count). The predicted octanol–water partition coefficient (Wildman–Crippen LogP) is 2.17. The van der Waals surface area contributed by atoms with E-state index in [0.717, 1.165) is 18.6 Å². The zero-order valence-corrected chi connectivity index (χ0v) is 9.22. The molecule has 0 atom stereocenters. The van der Waals surface area contributed by atoms with Crippen LogP contribution in [0, 0.1) is 0 Å². The molecule has 1 amide bonds. The minimum atomic E-state index is -0.381. The highest BCUT2D eigenvalue weighted by Crippen LogP contribution is 2.03. The van der Waals surface area contributed by atoms with Gasteiger partial charge in [0.05, 0.1) is 19.1 Å². The molecule has 0 bridgehead atoms. The van der Waals surface area contributed by atoms with Gasteiger partial charge in [-0.05, 0) is 30.7 Å². The molecule has 0 fully saturated rings. The Bertz CT molecular complexity index is 433. The van der Waals surface area contributed by atoms with Crippen molar-refractivity contribution in [3.63, 3.8) is 0 Å². The van der Waals surface area contributed by atoms with E-state index in [0.29, 0.717) is 6.61 Å². The minimum absolute atomic E-state index is 0.232. The summed E-state index contributed by atoms with van der Waals surface area (Å²) in [7, 11) is 0. The molecule has 0 spiro atoms. The number of nitrogens with one attached hydrogen (secondary N) is 1. The van der Waals surface area contributed by atoms with Gasteiger partial charge in [-0.2, -0.15) is 0 Å². The van der Waals surface area contributed by atoms with E-state index in [9.17, 15) is 4.79 Å². The van der Waals surface area contributed by atoms with Gasteiger partial charge in [-0.3, -0.25) is 9.63 Å². The molecule has 0 aliphatic heterocycles. The Balaban J connectivity index is 1.59. The van der Waals surface area contributed by atoms with Gasteiger partial charge in [0.15, 0.2) is 5.76 Å². The monoisotopic (exact) mass is 235 g/mol. The highest BCUT2D eigenvalue weighted by molar-refractivity contribution is 5.90. The molecule has 0 unspecified atom stereocenters. The van der Waals surface area contributed by atoms with Crippen LogP contribution in [0.2, 0.25) is 0 Å². The number of hydrogen-bond acceptors (Lipinski definition) is 4. The molecule has 0 saturated carbocycles. The van der Waals surface area contributed by atoms with Crippen LogP contribution in [0.15, 0.2) is 45.6 Å². The van der Waals surface area contributed by atoms with Gasteiger partial charge in [0.1, 0.15) is 5.76 Å². The Morgan fingerprint density at radius 2 is 2.06 bits per heavy atom. The van der Waals surface area contributed by atoms with Crippen molar-refractivity contribution < 1.29 is 18.5 Å². The third kappa shape index (κ3) is 3.49. The van der Waals surface area contributed by atoms with Crippen molar-refractivity contribution in [1.29, 1.82) is 0 Å². The van der Waals surface area contributed by atoms with Crippen molar-refractivity contribution in [2.24, 2.45) is 0 Å². The van der Waals surface area contributed by atoms with Crippen LogP contribution in [0.1, 0.15) is 22.7 Å². The fraction of sp³-hybridized carbons (Fsp3) is 0.250. The number of carbonyl (C=O) groups is 1. The maximum atomic E-state index is 11.3. The second kappa shape index (κ2) is 5.91. The van der Waals surface area contributed by atoms with Crippen molar-refractivity contribution in [2.75, 3.05) is 6.61 Å². The lowest BCUT2D eigenvalue weighted by molar-refractivity contribution is 0.0279. The molecule has 1 N–H and O–H groups in total. The lowest BCUT2D eigenvalue weighted by atomic mass is 10.3. The quantitative estimate of drug-likeness (QED) is 0.615. The molecule has 90 valence electrons. The van der Waals surface area contributed by atoms with Crippen molar-refractivity contribution in [1.82, 2.24) is 5.48 Å². The number of hydrogen-bond donors (Lipinski definition) is 1. The maximum absolute atomic E-state index is 11.3. The zero-order chi connectivity index (χ0) is 11.9. The van der Waals surface area contributed by atoms with Crippen molar-refractivity contribution in [3.8, 4) is 0 Å². The molecule has 2 heterocycles. The predicted molar refractivity (Wildman–Crippen MR) is 59.2 cm³/mol. The molecule has 2 aromatic rings. The van der Waals surface area contributed by atoms with E-state index in [4.69, 9.17) is 13.7 Å². The van der Waals surface area contributed by atoms with E-state index in [1.54, 1.807) is 18.4 Å². The first-order valence-electron chi connectivity index (χ1n) is 5.34. The summed E-state index contributed by atoms with van der Waals surface area (Å²) < 4.78 is 10.1. The van der Waals surface area contributed by atoms with Gasteiger partial charge in [0, 0.05) is 6.42 Å². The highest BCUT2D eigenvalue weighted by atomic mass is 16.7. The van der Waals surface area contributed by atoms with E-state index in [1.807, 2.05) is 12.1 Å². The summed E-state index contributed by atoms with van der Waals surface area (Å²) >= 11 is 0. The Morgan fingerprint density at radius 1 is 1.24 bits per heavy atom. The average Bonchev–Trinajstić information content (AvgIpc) is 3.01. The summed E-state index contributed by atoms with van der Waals surface area (Å²) in [5.41, 5.74) is 2.30. The SMILES string of the molecule is O=C(NOCCCc1ccco1)c1ccco1. The van der Waals surface area contributed by atoms with E-state index in [1.165, 1.54) is 6.26 Å². The largest absolute Gasteiger partial charge is 0.469 e. The van der Waals surface area contributed by atoms with E-state index in [2.05, 4.69) is 5.48 Å². The van der Waals surface area contributed by atoms with Gasteiger partial charge < -0.3 is 8.83 Å². The molecule has 5 nitrogen and oxygen atoms in total. The maximum Gasteiger partial charge on any atom is 0.310 e. The second-order valence-corrected chi connectivity index (χ2v) is 3.44. The van der Waals surface area contributed by atoms with E-state index >= 15 is 0 Å². The van der Waals surface area contributed by atoms with Gasteiger partial charge in [-0.15, -0.1) is 0 Å². The third-order valence-corrected chi connectivity index (χ3v) is 2.16. The number of amides is 1. The number of rotatable bonds is 6. The lowest BCUT2D eigenvalue weighted by Gasteiger charge is -2.03. The third-order valence-electron chi connectivity index (χ3n) is 2.16. The molecule has 0 radical (unpaired) electrons. The molecular formula is C12H13NO4. The molecule has 0 aromatic carbocycles. The first kappa shape index (κ1) is 11.5. The topological polar surface area (TPSA) is 64.6 Å². The van der Waals surface area contributed by atoms with Gasteiger partial charge in [-0.25, -0.2) is 5.48 Å². The van der Waals surface area contributed by atoms with Gasteiger partial charge in [0.25, 0.3) is 0 Å². The van der Waals surface area contributed by atoms with Crippen LogP contribution in [0.5, 0.6) is 0 Å². The van der Waals surface area contributed by atoms with Crippen LogP contribution in [0.4, 0.5) is 0 Å². The smallest absolute Gasteiger partial charge is 0.310 e. The Kier molecular flexibility index (Phi) is 3.99. The van der Waals surface area contributed by atoms with Gasteiger partial charge >= 0.3 is 5.91 Å². The Morgan fingerprint density at radius 3 is 2.76 bits per heavy atom. The van der Waals surface area contributed by atoms with E-state index < -0.39 is 0 Å². The lowest BCUT2D eigenvalue weighted by Crippen LogP contribution is -2.23. The molecule has 0 aliphatic carbocycles. The van der Waals surface area contributed by atoms with Crippen LogP contribution >= 0.6 is 0 Å². The molecular weight excluding hydrogens is 222 g/mol. The van der Waals surface area contributed by atoms with Crippen LogP contribution in [0.25, 0.3) is 0 Å². The summed E-state index contributed by atoms with van der Waals surface area (Å²) in [6.07, 6.45) is 4.62. The molecule has 2 aromatic heterocycles. The van der Waals surface area contributed by atoms with Crippen LogP contribution in [0.3, 0.4) is 0 Å². The summed E-state index contributed by atoms with van der Waals surface area (Å²) in [6, 6.07) is 6.96. The molecule has 5 heteroatoms. The van der Waals surface area contributed by atoms with Crippen LogP contribution in [-0.4, -0.2) is 12.5 Å². The first-order valence-corrected chi connectivity index (χ1v) is 5.34. The molecule has 0 aliphatic rings. The van der Waals surface area contributed by atoms with Crippen LogP contribution in [-0.2, 0) is 11.3 Å². The van der Waals surface area contributed by atoms with Gasteiger partial charge in [-0.1, -0.05) is 0 Å². The number of furan rings is 2. The summed E-state index contributed by atoms with van der Waals surface area (Å²) in [6.45, 7) is 0.424. The summed E-state index contributed by atoms with van der Waals surface area (Å²) in [4.78, 5) is 16.4. The normalized spacial score (nSPS) is 10.4. The van der Waals surface area contributed by atoms with Crippen molar-refractivity contribution in [2.45, 2.75) is 12.8 Å². The number of carbonyl (C=O) groups excluding carboxylic acids is 1. The fourth-order valence-corrected chi connectivity index (χ4v) is 1.35. The summed E-state index contributed by atoms with van der Waals surface area (Å²) in [5.74, 6) is 0.759. The second-order valence-electron chi connectivity index (χ2n) is 3.44. The Hall–Kier alpha value is -2.01. The first-order chi connectivity index (χ1) is 8.36. The van der Waals surface area contributed by atoms with Crippen molar-refractivity contribution >= 4 is 5.91 Å². The molecule has 17 heavy (non-hydrogen) atoms. The zero-order valence-electron chi connectivity index (χ0n) is 9.22. The Labute approximate surface area is 98.3 Å². The minimum Gasteiger partial charge on any atom is -0.469 e.